The molecule has 0 atom stereocenters. The van der Waals surface area contributed by atoms with E-state index in [1.165, 1.54) is 12.8 Å². The van der Waals surface area contributed by atoms with Crippen LogP contribution < -0.4 is 5.32 Å². The molecule has 30 heavy (non-hydrogen) atoms. The molecule has 2 fully saturated rings. The number of hydrogen-bond donors (Lipinski definition) is 1. The minimum Gasteiger partial charge on any atom is -0.444 e. The number of hydrogen-bond acceptors (Lipinski definition) is 4. The molecule has 2 aromatic rings. The molecule has 2 aromatic heterocycles. The molecule has 1 amide bonds. The predicted octanol–water partition coefficient (Wildman–Crippen LogP) is 5.73. The second-order valence-corrected chi connectivity index (χ2v) is 9.99. The van der Waals surface area contributed by atoms with E-state index in [0.29, 0.717) is 29.4 Å². The van der Waals surface area contributed by atoms with E-state index >= 15 is 0 Å². The summed E-state index contributed by atoms with van der Waals surface area (Å²) in [5.41, 5.74) is 2.64. The van der Waals surface area contributed by atoms with Crippen molar-refractivity contribution in [2.24, 2.45) is 5.92 Å². The molecule has 4 rings (SSSR count). The molecular formula is C23H31ClN4O2. The predicted molar refractivity (Wildman–Crippen MR) is 118 cm³/mol. The fourth-order valence-corrected chi connectivity index (χ4v) is 4.29. The van der Waals surface area contributed by atoms with Crippen molar-refractivity contribution in [2.45, 2.75) is 76.9 Å². The molecule has 2 aliphatic rings. The number of ether oxygens (including phenoxy) is 1. The fourth-order valence-electron chi connectivity index (χ4n) is 4.06. The first-order valence-corrected chi connectivity index (χ1v) is 11.3. The van der Waals surface area contributed by atoms with Crippen molar-refractivity contribution in [3.63, 3.8) is 0 Å². The molecule has 1 N–H and O–H groups in total. The summed E-state index contributed by atoms with van der Waals surface area (Å²) in [7, 11) is 0. The van der Waals surface area contributed by atoms with E-state index in [4.69, 9.17) is 21.4 Å². The number of amides is 1. The molecule has 0 spiro atoms. The third kappa shape index (κ3) is 5.15. The number of alkyl carbamates (subject to hydrolysis) is 1. The molecule has 0 bridgehead atoms. The lowest BCUT2D eigenvalue weighted by Crippen LogP contribution is -2.33. The van der Waals surface area contributed by atoms with Crippen molar-refractivity contribution in [2.75, 3.05) is 6.54 Å². The zero-order valence-electron chi connectivity index (χ0n) is 18.0. The van der Waals surface area contributed by atoms with Crippen molar-refractivity contribution >= 4 is 17.7 Å². The van der Waals surface area contributed by atoms with Gasteiger partial charge in [-0.25, -0.2) is 4.79 Å². The van der Waals surface area contributed by atoms with Crippen LogP contribution in [-0.2, 0) is 4.74 Å². The van der Waals surface area contributed by atoms with Gasteiger partial charge in [0.25, 0.3) is 0 Å². The summed E-state index contributed by atoms with van der Waals surface area (Å²) < 4.78 is 7.41. The van der Waals surface area contributed by atoms with Gasteiger partial charge in [0, 0.05) is 30.4 Å². The normalized spacial score (nSPS) is 21.2. The van der Waals surface area contributed by atoms with Crippen LogP contribution in [0.15, 0.2) is 24.5 Å². The van der Waals surface area contributed by atoms with Gasteiger partial charge in [-0.2, -0.15) is 5.10 Å². The zero-order valence-corrected chi connectivity index (χ0v) is 18.8. The number of nitrogens with one attached hydrogen (secondary N) is 1. The van der Waals surface area contributed by atoms with Crippen LogP contribution in [-0.4, -0.2) is 33.0 Å². The van der Waals surface area contributed by atoms with Crippen LogP contribution in [0.3, 0.4) is 0 Å². The Bertz CT molecular complexity index is 895. The lowest BCUT2D eigenvalue weighted by molar-refractivity contribution is 0.0524. The van der Waals surface area contributed by atoms with Gasteiger partial charge in [0.05, 0.1) is 22.5 Å². The van der Waals surface area contributed by atoms with Crippen molar-refractivity contribution in [3.8, 4) is 11.3 Å². The molecule has 0 saturated heterocycles. The number of nitrogens with zero attached hydrogens (tertiary/aromatic N) is 3. The van der Waals surface area contributed by atoms with Crippen LogP contribution in [0.4, 0.5) is 4.79 Å². The second kappa shape index (κ2) is 8.58. The molecule has 0 aromatic carbocycles. The Balaban J connectivity index is 1.28. The summed E-state index contributed by atoms with van der Waals surface area (Å²) in [5, 5.41) is 8.47. The molecule has 7 heteroatoms. The Labute approximate surface area is 183 Å². The highest BCUT2D eigenvalue weighted by atomic mass is 35.5. The summed E-state index contributed by atoms with van der Waals surface area (Å²) in [6, 6.07) is 4.20. The Morgan fingerprint density at radius 3 is 2.77 bits per heavy atom. The summed E-state index contributed by atoms with van der Waals surface area (Å²) in [6.07, 6.45) is 10.4. The van der Waals surface area contributed by atoms with Crippen LogP contribution in [0.25, 0.3) is 11.3 Å². The van der Waals surface area contributed by atoms with Gasteiger partial charge < -0.3 is 10.1 Å². The molecule has 0 aliphatic heterocycles. The first-order valence-electron chi connectivity index (χ1n) is 11.0. The Morgan fingerprint density at radius 1 is 1.33 bits per heavy atom. The van der Waals surface area contributed by atoms with Gasteiger partial charge in [-0.3, -0.25) is 9.67 Å². The molecule has 2 heterocycles. The average molecular weight is 431 g/mol. The third-order valence-corrected chi connectivity index (χ3v) is 6.09. The van der Waals surface area contributed by atoms with E-state index in [1.807, 2.05) is 32.9 Å². The number of carbonyl (C=O) groups excluding carboxylic acids is 1. The van der Waals surface area contributed by atoms with Gasteiger partial charge in [-0.15, -0.1) is 0 Å². The SMILES string of the molecule is CC(C)(C)OC(=O)NCCC[C@H]1C[C@@H](n2cc(-c3ncccc3Cl)c(C3CC3)n2)C1. The van der Waals surface area contributed by atoms with E-state index in [-0.39, 0.29) is 6.09 Å². The summed E-state index contributed by atoms with van der Waals surface area (Å²) in [6.45, 7) is 6.28. The van der Waals surface area contributed by atoms with Gasteiger partial charge in [0.15, 0.2) is 0 Å². The van der Waals surface area contributed by atoms with Crippen molar-refractivity contribution < 1.29 is 9.53 Å². The van der Waals surface area contributed by atoms with E-state index in [0.717, 1.165) is 42.6 Å². The monoisotopic (exact) mass is 430 g/mol. The molecular weight excluding hydrogens is 400 g/mol. The topological polar surface area (TPSA) is 69.0 Å². The first kappa shape index (κ1) is 21.2. The molecule has 0 radical (unpaired) electrons. The standard InChI is InChI=1S/C23H31ClN4O2/c1-23(2,3)30-22(29)26-11-4-6-15-12-17(13-15)28-14-18(20(27-28)16-8-9-16)21-19(24)7-5-10-25-21/h5,7,10,14-17H,4,6,8-9,11-13H2,1-3H3,(H,26,29)/t15-,17+. The number of aromatic nitrogens is 3. The number of halogens is 1. The maximum absolute atomic E-state index is 11.7. The molecule has 6 nitrogen and oxygen atoms in total. The molecule has 2 saturated carbocycles. The highest BCUT2D eigenvalue weighted by Gasteiger charge is 2.35. The van der Waals surface area contributed by atoms with Gasteiger partial charge in [-0.05, 0) is 77.3 Å². The highest BCUT2D eigenvalue weighted by Crippen LogP contribution is 2.46. The minimum absolute atomic E-state index is 0.334. The summed E-state index contributed by atoms with van der Waals surface area (Å²) >= 11 is 6.41. The first-order chi connectivity index (χ1) is 14.3. The quantitative estimate of drug-likeness (QED) is 0.569. The lowest BCUT2D eigenvalue weighted by atomic mass is 9.77. The summed E-state index contributed by atoms with van der Waals surface area (Å²) in [5.74, 6) is 1.24. The van der Waals surface area contributed by atoms with Crippen molar-refractivity contribution in [1.29, 1.82) is 0 Å². The van der Waals surface area contributed by atoms with Crippen molar-refractivity contribution in [3.05, 3.63) is 35.2 Å². The van der Waals surface area contributed by atoms with Crippen LogP contribution in [0.5, 0.6) is 0 Å². The van der Waals surface area contributed by atoms with Crippen LogP contribution in [0, 0.1) is 5.92 Å². The van der Waals surface area contributed by atoms with Gasteiger partial charge >= 0.3 is 6.09 Å². The third-order valence-electron chi connectivity index (χ3n) is 5.78. The largest absolute Gasteiger partial charge is 0.444 e. The molecule has 162 valence electrons. The van der Waals surface area contributed by atoms with E-state index in [2.05, 4.69) is 21.2 Å². The van der Waals surface area contributed by atoms with Crippen molar-refractivity contribution in [1.82, 2.24) is 20.1 Å². The van der Waals surface area contributed by atoms with Crippen LogP contribution >= 0.6 is 11.6 Å². The maximum Gasteiger partial charge on any atom is 0.407 e. The molecule has 2 aliphatic carbocycles. The fraction of sp³-hybridized carbons (Fsp3) is 0.609. The lowest BCUT2D eigenvalue weighted by Gasteiger charge is -2.35. The van der Waals surface area contributed by atoms with Gasteiger partial charge in [0.2, 0.25) is 0 Å². The minimum atomic E-state index is -0.452. The Morgan fingerprint density at radius 2 is 2.10 bits per heavy atom. The smallest absolute Gasteiger partial charge is 0.407 e. The maximum atomic E-state index is 11.7. The second-order valence-electron chi connectivity index (χ2n) is 9.58. The number of rotatable bonds is 7. The van der Waals surface area contributed by atoms with E-state index in [9.17, 15) is 4.79 Å². The zero-order chi connectivity index (χ0) is 21.3. The molecule has 0 unspecified atom stereocenters. The Hall–Kier alpha value is -2.08. The van der Waals surface area contributed by atoms with Gasteiger partial charge in [-0.1, -0.05) is 11.6 Å². The highest BCUT2D eigenvalue weighted by molar-refractivity contribution is 6.33. The Kier molecular flexibility index (Phi) is 6.05. The van der Waals surface area contributed by atoms with Gasteiger partial charge in [0.1, 0.15) is 5.60 Å². The number of carbonyl (C=O) groups is 1. The van der Waals surface area contributed by atoms with E-state index < -0.39 is 5.60 Å². The van der Waals surface area contributed by atoms with E-state index in [1.54, 1.807) is 6.20 Å². The number of pyridine rings is 1. The summed E-state index contributed by atoms with van der Waals surface area (Å²) in [4.78, 5) is 16.2. The van der Waals surface area contributed by atoms with Crippen LogP contribution in [0.1, 0.15) is 76.9 Å². The van der Waals surface area contributed by atoms with Crippen LogP contribution in [0.2, 0.25) is 5.02 Å². The average Bonchev–Trinajstić information content (AvgIpc) is 3.39.